The van der Waals surface area contributed by atoms with E-state index in [1.165, 1.54) is 25.7 Å². The van der Waals surface area contributed by atoms with E-state index in [2.05, 4.69) is 6.92 Å². The van der Waals surface area contributed by atoms with Crippen LogP contribution in [0.15, 0.2) is 0 Å². The first-order chi connectivity index (χ1) is 6.16. The van der Waals surface area contributed by atoms with Gasteiger partial charge in [-0.25, -0.2) is 0 Å². The summed E-state index contributed by atoms with van der Waals surface area (Å²) in [5.74, 6) is 0. The molecule has 0 aromatic heterocycles. The van der Waals surface area contributed by atoms with Crippen molar-refractivity contribution in [1.29, 1.82) is 0 Å². The predicted molar refractivity (Wildman–Crippen MR) is 55.7 cm³/mol. The van der Waals surface area contributed by atoms with Crippen molar-refractivity contribution in [2.24, 2.45) is 0 Å². The second kappa shape index (κ2) is 8.52. The Bertz CT molecular complexity index is 102. The lowest BCUT2D eigenvalue weighted by molar-refractivity contribution is 0.0834. The lowest BCUT2D eigenvalue weighted by Crippen LogP contribution is -2.14. The number of aliphatic hydroxyl groups is 2. The molecule has 0 saturated heterocycles. The molecule has 0 aromatic rings. The molecule has 2 heteroatoms. The number of hydrogen-bond donors (Lipinski definition) is 2. The molecule has 0 bridgehead atoms. The molecule has 0 fully saturated rings. The summed E-state index contributed by atoms with van der Waals surface area (Å²) in [6.45, 7) is 3.92. The smallest absolute Gasteiger partial charge is 0.0564 e. The molecule has 2 unspecified atom stereocenters. The SMILES string of the molecule is CCCCCCCC(O)CC(C)O. The lowest BCUT2D eigenvalue weighted by atomic mass is 10.0. The minimum atomic E-state index is -0.370. The second-order valence-electron chi connectivity index (χ2n) is 3.94. The summed E-state index contributed by atoms with van der Waals surface area (Å²) in [6.07, 6.45) is 6.83. The van der Waals surface area contributed by atoms with Crippen molar-refractivity contribution < 1.29 is 10.2 Å². The molecule has 0 rings (SSSR count). The number of aliphatic hydroxyl groups excluding tert-OH is 2. The Labute approximate surface area is 82.0 Å². The molecule has 2 N–H and O–H groups in total. The topological polar surface area (TPSA) is 40.5 Å². The van der Waals surface area contributed by atoms with Crippen LogP contribution in [0, 0.1) is 0 Å². The van der Waals surface area contributed by atoms with Gasteiger partial charge in [0.05, 0.1) is 12.2 Å². The van der Waals surface area contributed by atoms with Gasteiger partial charge in [-0.1, -0.05) is 39.0 Å². The van der Waals surface area contributed by atoms with Gasteiger partial charge in [-0.2, -0.15) is 0 Å². The van der Waals surface area contributed by atoms with Gasteiger partial charge in [0.1, 0.15) is 0 Å². The molecule has 0 radical (unpaired) electrons. The molecule has 0 heterocycles. The van der Waals surface area contributed by atoms with Crippen LogP contribution in [0.2, 0.25) is 0 Å². The van der Waals surface area contributed by atoms with Gasteiger partial charge in [0.2, 0.25) is 0 Å². The van der Waals surface area contributed by atoms with Crippen LogP contribution in [-0.4, -0.2) is 22.4 Å². The van der Waals surface area contributed by atoms with Gasteiger partial charge < -0.3 is 10.2 Å². The van der Waals surface area contributed by atoms with Gasteiger partial charge >= 0.3 is 0 Å². The lowest BCUT2D eigenvalue weighted by Gasteiger charge is -2.11. The van der Waals surface area contributed by atoms with E-state index < -0.39 is 0 Å². The molecule has 0 spiro atoms. The molecule has 0 saturated carbocycles. The van der Waals surface area contributed by atoms with Gasteiger partial charge in [0.25, 0.3) is 0 Å². The molecule has 0 aromatic carbocycles. The Morgan fingerprint density at radius 3 is 2.15 bits per heavy atom. The van der Waals surface area contributed by atoms with Gasteiger partial charge in [-0.05, 0) is 19.8 Å². The monoisotopic (exact) mass is 188 g/mol. The van der Waals surface area contributed by atoms with Gasteiger partial charge in [-0.3, -0.25) is 0 Å². The van der Waals surface area contributed by atoms with Crippen molar-refractivity contribution in [3.63, 3.8) is 0 Å². The zero-order valence-electron chi connectivity index (χ0n) is 9.00. The van der Waals surface area contributed by atoms with Crippen molar-refractivity contribution in [2.45, 2.75) is 71.0 Å². The quantitative estimate of drug-likeness (QED) is 0.574. The Hall–Kier alpha value is -0.0800. The molecule has 13 heavy (non-hydrogen) atoms. The number of unbranched alkanes of at least 4 members (excludes halogenated alkanes) is 4. The first kappa shape index (κ1) is 12.9. The minimum Gasteiger partial charge on any atom is -0.393 e. The summed E-state index contributed by atoms with van der Waals surface area (Å²) in [6, 6.07) is 0. The summed E-state index contributed by atoms with van der Waals surface area (Å²) in [7, 11) is 0. The summed E-state index contributed by atoms with van der Waals surface area (Å²) in [4.78, 5) is 0. The summed E-state index contributed by atoms with van der Waals surface area (Å²) in [5, 5.41) is 18.4. The van der Waals surface area contributed by atoms with Crippen LogP contribution >= 0.6 is 0 Å². The largest absolute Gasteiger partial charge is 0.393 e. The maximum absolute atomic E-state index is 9.42. The van der Waals surface area contributed by atoms with Crippen LogP contribution in [0.1, 0.15) is 58.8 Å². The highest BCUT2D eigenvalue weighted by atomic mass is 16.3. The van der Waals surface area contributed by atoms with Crippen LogP contribution in [0.4, 0.5) is 0 Å². The summed E-state index contributed by atoms with van der Waals surface area (Å²) in [5.41, 5.74) is 0. The fourth-order valence-electron chi connectivity index (χ4n) is 1.50. The van der Waals surface area contributed by atoms with Crippen LogP contribution in [0.25, 0.3) is 0 Å². The highest BCUT2D eigenvalue weighted by Gasteiger charge is 2.06. The van der Waals surface area contributed by atoms with Crippen molar-refractivity contribution >= 4 is 0 Å². The molecule has 0 amide bonds. The average molecular weight is 188 g/mol. The van der Waals surface area contributed by atoms with E-state index in [0.717, 1.165) is 12.8 Å². The zero-order chi connectivity index (χ0) is 10.1. The standard InChI is InChI=1S/C11H24O2/c1-3-4-5-6-7-8-11(13)9-10(2)12/h10-13H,3-9H2,1-2H3. The second-order valence-corrected chi connectivity index (χ2v) is 3.94. The third kappa shape index (κ3) is 9.84. The Morgan fingerprint density at radius 2 is 1.62 bits per heavy atom. The summed E-state index contributed by atoms with van der Waals surface area (Å²) < 4.78 is 0. The van der Waals surface area contributed by atoms with E-state index in [0.29, 0.717) is 6.42 Å². The molecule has 80 valence electrons. The van der Waals surface area contributed by atoms with Crippen LogP contribution < -0.4 is 0 Å². The summed E-state index contributed by atoms with van der Waals surface area (Å²) >= 11 is 0. The third-order valence-corrected chi connectivity index (χ3v) is 2.25. The van der Waals surface area contributed by atoms with Crippen molar-refractivity contribution in [1.82, 2.24) is 0 Å². The van der Waals surface area contributed by atoms with Gasteiger partial charge in [-0.15, -0.1) is 0 Å². The van der Waals surface area contributed by atoms with Crippen LogP contribution in [0.5, 0.6) is 0 Å². The van der Waals surface area contributed by atoms with E-state index in [-0.39, 0.29) is 12.2 Å². The van der Waals surface area contributed by atoms with Crippen molar-refractivity contribution in [2.75, 3.05) is 0 Å². The van der Waals surface area contributed by atoms with E-state index in [1.54, 1.807) is 6.92 Å². The molecular formula is C11H24O2. The van der Waals surface area contributed by atoms with Crippen LogP contribution in [-0.2, 0) is 0 Å². The number of hydrogen-bond acceptors (Lipinski definition) is 2. The highest BCUT2D eigenvalue weighted by Crippen LogP contribution is 2.10. The Balaban J connectivity index is 3.12. The molecule has 2 atom stereocenters. The fraction of sp³-hybridized carbons (Fsp3) is 1.00. The van der Waals surface area contributed by atoms with Crippen molar-refractivity contribution in [3.8, 4) is 0 Å². The molecular weight excluding hydrogens is 164 g/mol. The first-order valence-electron chi connectivity index (χ1n) is 5.53. The Morgan fingerprint density at radius 1 is 1.00 bits per heavy atom. The highest BCUT2D eigenvalue weighted by molar-refractivity contribution is 4.59. The van der Waals surface area contributed by atoms with Gasteiger partial charge in [0, 0.05) is 0 Å². The van der Waals surface area contributed by atoms with E-state index in [4.69, 9.17) is 5.11 Å². The average Bonchev–Trinajstić information content (AvgIpc) is 2.02. The maximum Gasteiger partial charge on any atom is 0.0564 e. The molecule has 2 nitrogen and oxygen atoms in total. The molecule has 0 aliphatic carbocycles. The van der Waals surface area contributed by atoms with Gasteiger partial charge in [0.15, 0.2) is 0 Å². The normalized spacial score (nSPS) is 15.7. The van der Waals surface area contributed by atoms with E-state index in [1.807, 2.05) is 0 Å². The first-order valence-corrected chi connectivity index (χ1v) is 5.53. The minimum absolute atomic E-state index is 0.304. The molecule has 0 aliphatic rings. The van der Waals surface area contributed by atoms with E-state index in [9.17, 15) is 5.11 Å². The Kier molecular flexibility index (Phi) is 8.46. The van der Waals surface area contributed by atoms with Crippen molar-refractivity contribution in [3.05, 3.63) is 0 Å². The fourth-order valence-corrected chi connectivity index (χ4v) is 1.50. The maximum atomic E-state index is 9.42. The zero-order valence-corrected chi connectivity index (χ0v) is 9.00. The molecule has 0 aliphatic heterocycles. The third-order valence-electron chi connectivity index (χ3n) is 2.25. The van der Waals surface area contributed by atoms with E-state index >= 15 is 0 Å². The van der Waals surface area contributed by atoms with Crippen LogP contribution in [0.3, 0.4) is 0 Å². The number of rotatable bonds is 8. The predicted octanol–water partition coefficient (Wildman–Crippen LogP) is 2.48.